The lowest BCUT2D eigenvalue weighted by Gasteiger charge is -2.16. The van der Waals surface area contributed by atoms with Crippen LogP contribution in [0.3, 0.4) is 0 Å². The number of methoxy groups -OCH3 is 1. The van der Waals surface area contributed by atoms with Gasteiger partial charge in [-0.2, -0.15) is 0 Å². The van der Waals surface area contributed by atoms with E-state index in [0.29, 0.717) is 18.8 Å². The van der Waals surface area contributed by atoms with Crippen molar-refractivity contribution in [3.63, 3.8) is 0 Å². The van der Waals surface area contributed by atoms with E-state index in [4.69, 9.17) is 9.47 Å². The lowest BCUT2D eigenvalue weighted by atomic mass is 10.2. The number of hydrogen-bond acceptors (Lipinski definition) is 5. The monoisotopic (exact) mass is 368 g/mol. The molecule has 0 atom stereocenters. The second-order valence-electron chi connectivity index (χ2n) is 5.65. The van der Waals surface area contributed by atoms with Crippen LogP contribution in [0.1, 0.15) is 10.5 Å². The predicted octanol–water partition coefficient (Wildman–Crippen LogP) is 3.97. The fraction of sp³-hybridized carbons (Fsp3) is 0.200. The number of nitrogens with zero attached hydrogens (tertiary/aromatic N) is 2. The molecule has 0 aliphatic rings. The number of carbonyl (C=O) groups is 1. The lowest BCUT2D eigenvalue weighted by Crippen LogP contribution is -2.31. The summed E-state index contributed by atoms with van der Waals surface area (Å²) in [5.74, 6) is 1.41. The van der Waals surface area contributed by atoms with Crippen LogP contribution in [0.2, 0.25) is 0 Å². The maximum atomic E-state index is 12.5. The molecular formula is C20H20N2O3S. The van der Waals surface area contributed by atoms with Crippen LogP contribution < -0.4 is 9.47 Å². The third kappa shape index (κ3) is 4.40. The van der Waals surface area contributed by atoms with E-state index >= 15 is 0 Å². The number of benzene rings is 2. The largest absolute Gasteiger partial charge is 0.497 e. The van der Waals surface area contributed by atoms with Crippen molar-refractivity contribution in [3.8, 4) is 22.1 Å². The van der Waals surface area contributed by atoms with Gasteiger partial charge in [0, 0.05) is 18.0 Å². The minimum absolute atomic E-state index is 0.109. The van der Waals surface area contributed by atoms with Gasteiger partial charge in [0.25, 0.3) is 5.91 Å². The van der Waals surface area contributed by atoms with Crippen LogP contribution in [0.4, 0.5) is 0 Å². The van der Waals surface area contributed by atoms with Gasteiger partial charge in [0.05, 0.1) is 13.7 Å². The second kappa shape index (κ2) is 8.49. The zero-order valence-electron chi connectivity index (χ0n) is 14.7. The molecule has 0 saturated heterocycles. The van der Waals surface area contributed by atoms with E-state index in [1.54, 1.807) is 24.4 Å². The zero-order chi connectivity index (χ0) is 18.4. The fourth-order valence-corrected chi connectivity index (χ4v) is 3.15. The van der Waals surface area contributed by atoms with Gasteiger partial charge in [-0.3, -0.25) is 4.79 Å². The number of hydrogen-bond donors (Lipinski definition) is 0. The molecule has 0 fully saturated rings. The smallest absolute Gasteiger partial charge is 0.273 e. The van der Waals surface area contributed by atoms with E-state index in [2.05, 4.69) is 4.98 Å². The topological polar surface area (TPSA) is 51.7 Å². The van der Waals surface area contributed by atoms with Gasteiger partial charge in [-0.15, -0.1) is 11.3 Å². The van der Waals surface area contributed by atoms with Crippen LogP contribution in [-0.2, 0) is 0 Å². The standard InChI is InChI=1S/C20H20N2O3S/c1-22(12-13-25-17-10-8-16(24-2)9-11-17)20(23)18-14-26-19(21-18)15-6-4-3-5-7-15/h3-11,14H,12-13H2,1-2H3. The number of thiazole rings is 1. The van der Waals surface area contributed by atoms with Crippen molar-refractivity contribution < 1.29 is 14.3 Å². The highest BCUT2D eigenvalue weighted by atomic mass is 32.1. The van der Waals surface area contributed by atoms with Crippen molar-refractivity contribution in [2.45, 2.75) is 0 Å². The Kier molecular flexibility index (Phi) is 5.86. The van der Waals surface area contributed by atoms with Crippen LogP contribution in [0, 0.1) is 0 Å². The van der Waals surface area contributed by atoms with Crippen molar-refractivity contribution in [3.05, 3.63) is 65.7 Å². The average molecular weight is 368 g/mol. The minimum Gasteiger partial charge on any atom is -0.497 e. The van der Waals surface area contributed by atoms with Gasteiger partial charge in [0.1, 0.15) is 28.8 Å². The molecule has 1 aromatic heterocycles. The third-order valence-corrected chi connectivity index (χ3v) is 4.74. The molecule has 3 aromatic rings. The summed E-state index contributed by atoms with van der Waals surface area (Å²) in [6.07, 6.45) is 0. The summed E-state index contributed by atoms with van der Waals surface area (Å²) in [7, 11) is 3.37. The molecule has 0 aliphatic carbocycles. The molecule has 0 unspecified atom stereocenters. The van der Waals surface area contributed by atoms with E-state index in [1.165, 1.54) is 11.3 Å². The summed E-state index contributed by atoms with van der Waals surface area (Å²) in [5.41, 5.74) is 1.47. The van der Waals surface area contributed by atoms with Gasteiger partial charge >= 0.3 is 0 Å². The summed E-state index contributed by atoms with van der Waals surface area (Å²) in [6.45, 7) is 0.882. The molecule has 26 heavy (non-hydrogen) atoms. The highest BCUT2D eigenvalue weighted by molar-refractivity contribution is 7.13. The first-order valence-electron chi connectivity index (χ1n) is 8.20. The Labute approximate surface area is 156 Å². The number of likely N-dealkylation sites (N-methyl/N-ethyl adjacent to an activating group) is 1. The third-order valence-electron chi connectivity index (χ3n) is 3.85. The van der Waals surface area contributed by atoms with Gasteiger partial charge in [-0.05, 0) is 24.3 Å². The average Bonchev–Trinajstić information content (AvgIpc) is 3.18. The number of ether oxygens (including phenoxy) is 2. The summed E-state index contributed by atoms with van der Waals surface area (Å²) in [5, 5.41) is 2.64. The van der Waals surface area contributed by atoms with Gasteiger partial charge in [0.15, 0.2) is 0 Å². The molecule has 6 heteroatoms. The van der Waals surface area contributed by atoms with Crippen molar-refractivity contribution in [1.29, 1.82) is 0 Å². The number of carbonyl (C=O) groups excluding carboxylic acids is 1. The lowest BCUT2D eigenvalue weighted by molar-refractivity contribution is 0.0769. The SMILES string of the molecule is COc1ccc(OCCN(C)C(=O)c2csc(-c3ccccc3)n2)cc1. The van der Waals surface area contributed by atoms with Crippen LogP contribution in [0.15, 0.2) is 60.0 Å². The minimum atomic E-state index is -0.109. The van der Waals surface area contributed by atoms with Gasteiger partial charge in [-0.1, -0.05) is 30.3 Å². The zero-order valence-corrected chi connectivity index (χ0v) is 15.5. The predicted molar refractivity (Wildman–Crippen MR) is 103 cm³/mol. The van der Waals surface area contributed by atoms with Gasteiger partial charge in [0.2, 0.25) is 0 Å². The number of aromatic nitrogens is 1. The Morgan fingerprint density at radius 1 is 1.08 bits per heavy atom. The number of rotatable bonds is 7. The quantitative estimate of drug-likeness (QED) is 0.633. The Morgan fingerprint density at radius 2 is 1.77 bits per heavy atom. The van der Waals surface area contributed by atoms with E-state index in [0.717, 1.165) is 22.1 Å². The first-order valence-corrected chi connectivity index (χ1v) is 9.08. The first kappa shape index (κ1) is 17.9. The Hall–Kier alpha value is -2.86. The molecule has 1 heterocycles. The molecule has 0 N–H and O–H groups in total. The van der Waals surface area contributed by atoms with Crippen LogP contribution in [0.5, 0.6) is 11.5 Å². The summed E-state index contributed by atoms with van der Waals surface area (Å²) in [4.78, 5) is 18.6. The van der Waals surface area contributed by atoms with E-state index < -0.39 is 0 Å². The molecule has 0 bridgehead atoms. The van der Waals surface area contributed by atoms with Crippen molar-refractivity contribution in [2.75, 3.05) is 27.3 Å². The van der Waals surface area contributed by atoms with Crippen molar-refractivity contribution in [2.24, 2.45) is 0 Å². The maximum Gasteiger partial charge on any atom is 0.273 e. The molecule has 0 spiro atoms. The molecule has 0 radical (unpaired) electrons. The highest BCUT2D eigenvalue weighted by Gasteiger charge is 2.16. The van der Waals surface area contributed by atoms with Gasteiger partial charge in [-0.25, -0.2) is 4.98 Å². The van der Waals surface area contributed by atoms with Crippen LogP contribution in [-0.4, -0.2) is 43.1 Å². The van der Waals surface area contributed by atoms with Crippen molar-refractivity contribution >= 4 is 17.2 Å². The Morgan fingerprint density at radius 3 is 2.46 bits per heavy atom. The summed E-state index contributed by atoms with van der Waals surface area (Å²) >= 11 is 1.47. The van der Waals surface area contributed by atoms with E-state index in [-0.39, 0.29) is 5.91 Å². The fourth-order valence-electron chi connectivity index (χ4n) is 2.35. The molecular weight excluding hydrogens is 348 g/mol. The molecule has 2 aromatic carbocycles. The molecule has 134 valence electrons. The normalized spacial score (nSPS) is 10.4. The van der Waals surface area contributed by atoms with Gasteiger partial charge < -0.3 is 14.4 Å². The number of amides is 1. The summed E-state index contributed by atoms with van der Waals surface area (Å²) in [6, 6.07) is 17.2. The maximum absolute atomic E-state index is 12.5. The van der Waals surface area contributed by atoms with Crippen LogP contribution >= 0.6 is 11.3 Å². The second-order valence-corrected chi connectivity index (χ2v) is 6.51. The first-order chi connectivity index (χ1) is 12.7. The molecule has 5 nitrogen and oxygen atoms in total. The molecule has 1 amide bonds. The highest BCUT2D eigenvalue weighted by Crippen LogP contribution is 2.23. The molecule has 0 saturated carbocycles. The van der Waals surface area contributed by atoms with Crippen LogP contribution in [0.25, 0.3) is 10.6 Å². The Bertz CT molecular complexity index is 847. The van der Waals surface area contributed by atoms with Crippen molar-refractivity contribution in [1.82, 2.24) is 9.88 Å². The molecule has 0 aliphatic heterocycles. The van der Waals surface area contributed by atoms with E-state index in [9.17, 15) is 4.79 Å². The summed E-state index contributed by atoms with van der Waals surface area (Å²) < 4.78 is 10.8. The van der Waals surface area contributed by atoms with E-state index in [1.807, 2.05) is 54.6 Å². The Balaban J connectivity index is 1.53. The molecule has 3 rings (SSSR count).